The molecule has 1 atom stereocenters. The zero-order valence-electron chi connectivity index (χ0n) is 16.2. The zero-order valence-corrected chi connectivity index (χ0v) is 16.2. The van der Waals surface area contributed by atoms with E-state index in [1.807, 2.05) is 27.7 Å². The van der Waals surface area contributed by atoms with E-state index >= 15 is 0 Å². The molecule has 1 saturated heterocycles. The molecule has 1 aromatic carbocycles. The van der Waals surface area contributed by atoms with E-state index in [4.69, 9.17) is 4.74 Å². The topological polar surface area (TPSA) is 66.9 Å². The highest BCUT2D eigenvalue weighted by atomic mass is 16.5. The van der Waals surface area contributed by atoms with E-state index in [9.17, 15) is 14.4 Å². The molecule has 0 N–H and O–H groups in total. The summed E-state index contributed by atoms with van der Waals surface area (Å²) in [6.45, 7) is 9.98. The summed E-state index contributed by atoms with van der Waals surface area (Å²) in [5.41, 5.74) is 1.02. The summed E-state index contributed by atoms with van der Waals surface area (Å²) in [7, 11) is 0. The van der Waals surface area contributed by atoms with Crippen molar-refractivity contribution in [2.24, 2.45) is 0 Å². The summed E-state index contributed by atoms with van der Waals surface area (Å²) in [5.74, 6) is -0.718. The highest BCUT2D eigenvalue weighted by molar-refractivity contribution is 5.98. The van der Waals surface area contributed by atoms with E-state index in [1.54, 1.807) is 41.0 Å². The molecule has 1 aliphatic rings. The summed E-state index contributed by atoms with van der Waals surface area (Å²) < 4.78 is 5.39. The molecule has 0 saturated carbocycles. The number of rotatable bonds is 6. The first-order valence-corrected chi connectivity index (χ1v) is 9.16. The summed E-state index contributed by atoms with van der Waals surface area (Å²) in [5, 5.41) is 0. The highest BCUT2D eigenvalue weighted by Crippen LogP contribution is 2.23. The molecule has 0 spiro atoms. The lowest BCUT2D eigenvalue weighted by Gasteiger charge is -2.32. The summed E-state index contributed by atoms with van der Waals surface area (Å²) in [4.78, 5) is 40.3. The zero-order chi connectivity index (χ0) is 19.4. The number of amides is 2. The molecule has 6 heteroatoms. The molecule has 0 radical (unpaired) electrons. The van der Waals surface area contributed by atoms with Gasteiger partial charge in [-0.3, -0.25) is 9.59 Å². The Bertz CT molecular complexity index is 676. The number of ether oxygens (including phenoxy) is 1. The fraction of sp³-hybridized carbons (Fsp3) is 0.550. The molecular weight excluding hydrogens is 332 g/mol. The molecule has 0 aromatic heterocycles. The van der Waals surface area contributed by atoms with Crippen molar-refractivity contribution < 1.29 is 19.1 Å². The Kier molecular flexibility index (Phi) is 6.40. The molecule has 1 unspecified atom stereocenters. The van der Waals surface area contributed by atoms with Crippen LogP contribution in [0, 0.1) is 0 Å². The van der Waals surface area contributed by atoms with Crippen molar-refractivity contribution in [2.45, 2.75) is 65.6 Å². The van der Waals surface area contributed by atoms with Gasteiger partial charge in [-0.05, 0) is 59.2 Å². The third-order valence-corrected chi connectivity index (χ3v) is 4.47. The third-order valence-electron chi connectivity index (χ3n) is 4.47. The van der Waals surface area contributed by atoms with Gasteiger partial charge in [0.15, 0.2) is 6.10 Å². The Morgan fingerprint density at radius 3 is 2.31 bits per heavy atom. The first kappa shape index (κ1) is 19.9. The van der Waals surface area contributed by atoms with Crippen molar-refractivity contribution in [2.75, 3.05) is 11.4 Å². The van der Waals surface area contributed by atoms with E-state index < -0.39 is 12.1 Å². The fourth-order valence-electron chi connectivity index (χ4n) is 3.32. The smallest absolute Gasteiger partial charge is 0.338 e. The van der Waals surface area contributed by atoms with Crippen molar-refractivity contribution in [3.8, 4) is 0 Å². The summed E-state index contributed by atoms with van der Waals surface area (Å²) >= 11 is 0. The average Bonchev–Trinajstić information content (AvgIpc) is 3.00. The maximum absolute atomic E-state index is 12.6. The molecule has 2 rings (SSSR count). The predicted molar refractivity (Wildman–Crippen MR) is 100 cm³/mol. The number of hydrogen-bond acceptors (Lipinski definition) is 4. The third kappa shape index (κ3) is 4.42. The van der Waals surface area contributed by atoms with Crippen molar-refractivity contribution >= 4 is 23.5 Å². The highest BCUT2D eigenvalue weighted by Gasteiger charge is 2.28. The van der Waals surface area contributed by atoms with Crippen molar-refractivity contribution in [3.63, 3.8) is 0 Å². The summed E-state index contributed by atoms with van der Waals surface area (Å²) in [6.07, 6.45) is 0.476. The maximum Gasteiger partial charge on any atom is 0.338 e. The van der Waals surface area contributed by atoms with E-state index in [1.165, 1.54) is 0 Å². The minimum Gasteiger partial charge on any atom is -0.449 e. The van der Waals surface area contributed by atoms with Gasteiger partial charge in [0, 0.05) is 30.7 Å². The van der Waals surface area contributed by atoms with Crippen LogP contribution < -0.4 is 4.90 Å². The molecule has 0 bridgehead atoms. The average molecular weight is 360 g/mol. The molecule has 6 nitrogen and oxygen atoms in total. The molecule has 0 aliphatic carbocycles. The van der Waals surface area contributed by atoms with Crippen molar-refractivity contribution in [1.82, 2.24) is 4.90 Å². The van der Waals surface area contributed by atoms with Crippen molar-refractivity contribution in [1.29, 1.82) is 0 Å². The largest absolute Gasteiger partial charge is 0.449 e. The van der Waals surface area contributed by atoms with Gasteiger partial charge in [0.1, 0.15) is 0 Å². The molecule has 1 heterocycles. The second-order valence-corrected chi connectivity index (χ2v) is 7.18. The van der Waals surface area contributed by atoms with Crippen LogP contribution in [-0.2, 0) is 14.3 Å². The standard InChI is InChI=1S/C20H28N2O4/c1-13(2)22(14(3)4)19(24)15(5)26-20(25)16-8-6-9-17(12-16)21-11-7-10-18(21)23/h6,8-9,12-15H,7,10-11H2,1-5H3. The number of hydrogen-bond donors (Lipinski definition) is 0. The van der Waals surface area contributed by atoms with Crippen LogP contribution in [0.3, 0.4) is 0 Å². The Labute approximate surface area is 155 Å². The van der Waals surface area contributed by atoms with Gasteiger partial charge < -0.3 is 14.5 Å². The van der Waals surface area contributed by atoms with Crippen LogP contribution in [0.2, 0.25) is 0 Å². The maximum atomic E-state index is 12.6. The fourth-order valence-corrected chi connectivity index (χ4v) is 3.32. The van der Waals surface area contributed by atoms with Gasteiger partial charge in [0.05, 0.1) is 5.56 Å². The number of carbonyl (C=O) groups excluding carboxylic acids is 3. The quantitative estimate of drug-likeness (QED) is 0.732. The molecule has 1 aliphatic heterocycles. The first-order chi connectivity index (χ1) is 12.2. The number of anilines is 1. The van der Waals surface area contributed by atoms with Crippen LogP contribution >= 0.6 is 0 Å². The Balaban J connectivity index is 2.09. The Morgan fingerprint density at radius 1 is 1.12 bits per heavy atom. The van der Waals surface area contributed by atoms with Crippen LogP contribution in [0.4, 0.5) is 5.69 Å². The van der Waals surface area contributed by atoms with Crippen LogP contribution in [0.5, 0.6) is 0 Å². The van der Waals surface area contributed by atoms with Gasteiger partial charge in [0.2, 0.25) is 5.91 Å². The number of carbonyl (C=O) groups is 3. The SMILES string of the molecule is CC(OC(=O)c1cccc(N2CCCC2=O)c1)C(=O)N(C(C)C)C(C)C. The number of benzene rings is 1. The molecular formula is C20H28N2O4. The van der Waals surface area contributed by atoms with Gasteiger partial charge in [-0.1, -0.05) is 6.07 Å². The van der Waals surface area contributed by atoms with Gasteiger partial charge in [0.25, 0.3) is 5.91 Å². The normalized spacial score (nSPS) is 15.5. The second-order valence-electron chi connectivity index (χ2n) is 7.18. The van der Waals surface area contributed by atoms with Crippen LogP contribution in [0.1, 0.15) is 57.8 Å². The Morgan fingerprint density at radius 2 is 1.77 bits per heavy atom. The van der Waals surface area contributed by atoms with Crippen molar-refractivity contribution in [3.05, 3.63) is 29.8 Å². The van der Waals surface area contributed by atoms with Gasteiger partial charge >= 0.3 is 5.97 Å². The van der Waals surface area contributed by atoms with E-state index in [-0.39, 0.29) is 23.9 Å². The van der Waals surface area contributed by atoms with Crippen LogP contribution in [0.15, 0.2) is 24.3 Å². The van der Waals surface area contributed by atoms with Crippen LogP contribution in [0.25, 0.3) is 0 Å². The molecule has 1 aromatic rings. The first-order valence-electron chi connectivity index (χ1n) is 9.16. The molecule has 142 valence electrons. The summed E-state index contributed by atoms with van der Waals surface area (Å²) in [6, 6.07) is 6.84. The Hall–Kier alpha value is -2.37. The van der Waals surface area contributed by atoms with Gasteiger partial charge in [-0.15, -0.1) is 0 Å². The molecule has 2 amide bonds. The molecule has 1 fully saturated rings. The second kappa shape index (κ2) is 8.34. The minimum atomic E-state index is -0.871. The van der Waals surface area contributed by atoms with E-state index in [0.717, 1.165) is 6.42 Å². The minimum absolute atomic E-state index is 0.0214. The predicted octanol–water partition coefficient (Wildman–Crippen LogP) is 3.00. The number of nitrogens with zero attached hydrogens (tertiary/aromatic N) is 2. The lowest BCUT2D eigenvalue weighted by atomic mass is 10.1. The van der Waals surface area contributed by atoms with E-state index in [2.05, 4.69) is 0 Å². The molecule has 26 heavy (non-hydrogen) atoms. The monoisotopic (exact) mass is 360 g/mol. The van der Waals surface area contributed by atoms with Crippen LogP contribution in [-0.4, -0.2) is 47.4 Å². The van der Waals surface area contributed by atoms with Gasteiger partial charge in [-0.2, -0.15) is 0 Å². The lowest BCUT2D eigenvalue weighted by Crippen LogP contribution is -2.47. The number of esters is 1. The van der Waals surface area contributed by atoms with E-state index in [0.29, 0.717) is 24.2 Å². The van der Waals surface area contributed by atoms with Gasteiger partial charge in [-0.25, -0.2) is 4.79 Å². The lowest BCUT2D eigenvalue weighted by molar-refractivity contribution is -0.143.